The number of carbonyl (C=O) groups excluding carboxylic acids is 1. The van der Waals surface area contributed by atoms with Gasteiger partial charge in [-0.15, -0.1) is 12.4 Å². The summed E-state index contributed by atoms with van der Waals surface area (Å²) in [5, 5.41) is 0. The van der Waals surface area contributed by atoms with Gasteiger partial charge in [0.1, 0.15) is 6.04 Å². The molecule has 0 bridgehead atoms. The van der Waals surface area contributed by atoms with Gasteiger partial charge in [-0.1, -0.05) is 0 Å². The lowest BCUT2D eigenvalue weighted by Gasteiger charge is -2.07. The summed E-state index contributed by atoms with van der Waals surface area (Å²) in [6.07, 6.45) is 0.965. The van der Waals surface area contributed by atoms with Crippen LogP contribution in [-0.4, -0.2) is 38.4 Å². The first-order chi connectivity index (χ1) is 5.37. The molecule has 0 unspecified atom stereocenters. The lowest BCUT2D eigenvalue weighted by molar-refractivity contribution is -0.142. The molecule has 0 aromatic rings. The number of thiol groups is 1. The van der Waals surface area contributed by atoms with Gasteiger partial charge in [0.2, 0.25) is 0 Å². The number of esters is 1. The van der Waals surface area contributed by atoms with Crippen LogP contribution in [0.4, 0.5) is 0 Å². The van der Waals surface area contributed by atoms with Crippen molar-refractivity contribution in [2.75, 3.05) is 17.9 Å². The number of ether oxygens (including phenoxy) is 1. The number of halogens is 1. The fourth-order valence-corrected chi connectivity index (χ4v) is 0.826. The zero-order valence-electron chi connectivity index (χ0n) is 6.97. The predicted molar refractivity (Wildman–Crippen MR) is 54.9 cm³/mol. The molecule has 0 aliphatic heterocycles. The first kappa shape index (κ1) is 15.5. The smallest absolute Gasteiger partial charge is 0.324 e. The number of nitrogens with two attached hydrogens (primary N) is 1. The molecule has 0 heterocycles. The summed E-state index contributed by atoms with van der Waals surface area (Å²) >= 11 is 3.74. The number of carbonyl (C=O) groups is 1. The van der Waals surface area contributed by atoms with E-state index in [1.807, 2.05) is 0 Å². The zero-order valence-corrected chi connectivity index (χ0v) is 9.49. The van der Waals surface area contributed by atoms with E-state index in [1.54, 1.807) is 0 Å². The number of rotatable bonds is 4. The molecule has 0 rings (SSSR count). The second-order valence-electron chi connectivity index (χ2n) is 2.30. The van der Waals surface area contributed by atoms with Crippen LogP contribution in [-0.2, 0) is 19.4 Å². The van der Waals surface area contributed by atoms with E-state index in [0.29, 0.717) is 0 Å². The Labute approximate surface area is 88.7 Å². The minimum absolute atomic E-state index is 0. The molecule has 13 heavy (non-hydrogen) atoms. The zero-order chi connectivity index (χ0) is 9.78. The Bertz CT molecular complexity index is 253. The van der Waals surface area contributed by atoms with Gasteiger partial charge >= 0.3 is 5.97 Å². The molecule has 0 fully saturated rings. The second-order valence-corrected chi connectivity index (χ2v) is 4.75. The largest absolute Gasteiger partial charge is 0.448 e. The molecule has 0 radical (unpaired) electrons. The topological polar surface area (TPSA) is 86.5 Å². The molecule has 0 aliphatic rings. The molecule has 80 valence electrons. The van der Waals surface area contributed by atoms with Gasteiger partial charge in [-0.05, 0) is 0 Å². The van der Waals surface area contributed by atoms with E-state index in [4.69, 9.17) is 5.73 Å². The molecule has 0 saturated heterocycles. The lowest BCUT2D eigenvalue weighted by atomic mass is 10.4. The Kier molecular flexibility index (Phi) is 7.71. The van der Waals surface area contributed by atoms with Crippen LogP contribution < -0.4 is 5.73 Å². The fraction of sp³-hybridized carbons (Fsp3) is 0.800. The number of hydrogen-bond acceptors (Lipinski definition) is 6. The third-order valence-electron chi connectivity index (χ3n) is 0.915. The summed E-state index contributed by atoms with van der Waals surface area (Å²) < 4.78 is 25.4. The summed E-state index contributed by atoms with van der Waals surface area (Å²) in [5.74, 6) is -1.26. The first-order valence-electron chi connectivity index (χ1n) is 3.07. The molecule has 1 atom stereocenters. The minimum atomic E-state index is -3.28. The molecule has 0 aromatic heterocycles. The molecule has 5 nitrogen and oxygen atoms in total. The van der Waals surface area contributed by atoms with Gasteiger partial charge < -0.3 is 10.5 Å². The van der Waals surface area contributed by atoms with Crippen LogP contribution in [0.5, 0.6) is 0 Å². The van der Waals surface area contributed by atoms with E-state index < -0.39 is 27.8 Å². The van der Waals surface area contributed by atoms with E-state index in [0.717, 1.165) is 6.26 Å². The minimum Gasteiger partial charge on any atom is -0.448 e. The van der Waals surface area contributed by atoms with Crippen LogP contribution in [0.15, 0.2) is 0 Å². The standard InChI is InChI=1S/C5H11NO4S2.ClH/c1-12(8,9)3-10-5(7)4(6)2-11;/h4,11H,2-3,6H2,1H3;1H/t4-;/m0./s1. The van der Waals surface area contributed by atoms with Gasteiger partial charge in [0.25, 0.3) is 0 Å². The van der Waals surface area contributed by atoms with Crippen LogP contribution in [0.1, 0.15) is 0 Å². The molecule has 0 spiro atoms. The highest BCUT2D eigenvalue weighted by Crippen LogP contribution is 1.91. The Morgan fingerprint density at radius 1 is 1.62 bits per heavy atom. The van der Waals surface area contributed by atoms with Gasteiger partial charge in [-0.25, -0.2) is 8.42 Å². The normalized spacial score (nSPS) is 12.8. The SMILES string of the molecule is CS(=O)(=O)COC(=O)[C@@H](N)CS.Cl. The first-order valence-corrected chi connectivity index (χ1v) is 5.77. The quantitative estimate of drug-likeness (QED) is 0.504. The highest BCUT2D eigenvalue weighted by atomic mass is 35.5. The molecule has 0 saturated carbocycles. The van der Waals surface area contributed by atoms with Crippen molar-refractivity contribution in [2.45, 2.75) is 6.04 Å². The van der Waals surface area contributed by atoms with Crippen molar-refractivity contribution >= 4 is 40.8 Å². The maximum atomic E-state index is 10.8. The maximum Gasteiger partial charge on any atom is 0.324 e. The van der Waals surface area contributed by atoms with Gasteiger partial charge in [0, 0.05) is 12.0 Å². The van der Waals surface area contributed by atoms with Gasteiger partial charge in [0.05, 0.1) is 0 Å². The molecule has 0 aliphatic carbocycles. The van der Waals surface area contributed by atoms with Crippen molar-refractivity contribution in [3.63, 3.8) is 0 Å². The fourth-order valence-electron chi connectivity index (χ4n) is 0.347. The van der Waals surface area contributed by atoms with Crippen LogP contribution >= 0.6 is 25.0 Å². The number of hydrogen-bond donors (Lipinski definition) is 2. The van der Waals surface area contributed by atoms with Crippen molar-refractivity contribution in [3.05, 3.63) is 0 Å². The second kappa shape index (κ2) is 6.47. The molecule has 0 amide bonds. The lowest BCUT2D eigenvalue weighted by Crippen LogP contribution is -2.34. The Balaban J connectivity index is 0. The average molecular weight is 250 g/mol. The highest BCUT2D eigenvalue weighted by Gasteiger charge is 2.14. The molecule has 8 heteroatoms. The summed E-state index contributed by atoms with van der Waals surface area (Å²) in [5.41, 5.74) is 5.20. The van der Waals surface area contributed by atoms with Crippen LogP contribution in [0, 0.1) is 0 Å². The maximum absolute atomic E-state index is 10.8. The number of sulfone groups is 1. The molecular formula is C5H12ClNO4S2. The summed E-state index contributed by atoms with van der Waals surface area (Å²) in [4.78, 5) is 10.8. The highest BCUT2D eigenvalue weighted by molar-refractivity contribution is 7.90. The summed E-state index contributed by atoms with van der Waals surface area (Å²) in [6.45, 7) is 0. The summed E-state index contributed by atoms with van der Waals surface area (Å²) in [7, 11) is -3.28. The summed E-state index contributed by atoms with van der Waals surface area (Å²) in [6, 6.07) is -0.866. The van der Waals surface area contributed by atoms with E-state index in [2.05, 4.69) is 17.4 Å². The Hall–Kier alpha value is 0.0200. The van der Waals surface area contributed by atoms with Gasteiger partial charge in [-0.2, -0.15) is 12.6 Å². The Morgan fingerprint density at radius 3 is 2.38 bits per heavy atom. The van der Waals surface area contributed by atoms with E-state index in [-0.39, 0.29) is 18.2 Å². The monoisotopic (exact) mass is 249 g/mol. The van der Waals surface area contributed by atoms with Gasteiger partial charge in [0.15, 0.2) is 15.8 Å². The third-order valence-corrected chi connectivity index (χ3v) is 1.85. The van der Waals surface area contributed by atoms with Crippen molar-refractivity contribution in [1.82, 2.24) is 0 Å². The van der Waals surface area contributed by atoms with Crippen molar-refractivity contribution in [2.24, 2.45) is 5.73 Å². The van der Waals surface area contributed by atoms with Crippen molar-refractivity contribution in [1.29, 1.82) is 0 Å². The third kappa shape index (κ3) is 8.35. The molecule has 0 aromatic carbocycles. The van der Waals surface area contributed by atoms with E-state index >= 15 is 0 Å². The predicted octanol–water partition coefficient (Wildman–Crippen LogP) is -0.789. The molecular weight excluding hydrogens is 238 g/mol. The van der Waals surface area contributed by atoms with E-state index in [1.165, 1.54) is 0 Å². The van der Waals surface area contributed by atoms with Crippen LogP contribution in [0.2, 0.25) is 0 Å². The van der Waals surface area contributed by atoms with Crippen LogP contribution in [0.25, 0.3) is 0 Å². The average Bonchev–Trinajstić information content (AvgIpc) is 1.97. The van der Waals surface area contributed by atoms with Crippen molar-refractivity contribution < 1.29 is 17.9 Å². The Morgan fingerprint density at radius 2 is 2.08 bits per heavy atom. The van der Waals surface area contributed by atoms with E-state index in [9.17, 15) is 13.2 Å². The van der Waals surface area contributed by atoms with Crippen LogP contribution in [0.3, 0.4) is 0 Å². The van der Waals surface area contributed by atoms with Crippen molar-refractivity contribution in [3.8, 4) is 0 Å². The molecule has 2 N–H and O–H groups in total. The van der Waals surface area contributed by atoms with Gasteiger partial charge in [-0.3, -0.25) is 4.79 Å².